The summed E-state index contributed by atoms with van der Waals surface area (Å²) in [5.41, 5.74) is 1.11. The van der Waals surface area contributed by atoms with Crippen LogP contribution in [0.2, 0.25) is 0 Å². The predicted octanol–water partition coefficient (Wildman–Crippen LogP) is 2.60. The lowest BCUT2D eigenvalue weighted by Crippen LogP contribution is -2.37. The van der Waals surface area contributed by atoms with Crippen LogP contribution < -0.4 is 10.2 Å². The molecule has 28 heavy (non-hydrogen) atoms. The molecule has 2 N–H and O–H groups in total. The topological polar surface area (TPSA) is 82.8 Å². The van der Waals surface area contributed by atoms with Gasteiger partial charge in [-0.05, 0) is 30.0 Å². The standard InChI is InChI=1S/C21H19N5O2/c27-20-16-4-2-1-3-14(16)5-6-17(20)21(28)23-15-9-11-25(13-15)19-8-7-18-22-10-12-26(18)24-19/h1-8,10,12,15,27H,9,11,13H2,(H,23,28)/t15-/m0/s1. The molecule has 1 atom stereocenters. The molecule has 1 aliphatic rings. The van der Waals surface area contributed by atoms with Crippen LogP contribution in [0.3, 0.4) is 0 Å². The number of aromatic nitrogens is 3. The second-order valence-electron chi connectivity index (χ2n) is 7.01. The lowest BCUT2D eigenvalue weighted by atomic mass is 10.0. The van der Waals surface area contributed by atoms with Crippen molar-refractivity contribution in [3.63, 3.8) is 0 Å². The summed E-state index contributed by atoms with van der Waals surface area (Å²) in [7, 11) is 0. The van der Waals surface area contributed by atoms with E-state index in [9.17, 15) is 9.90 Å². The van der Waals surface area contributed by atoms with E-state index in [1.54, 1.807) is 16.8 Å². The molecular formula is C21H19N5O2. The van der Waals surface area contributed by atoms with Crippen LogP contribution in [0.25, 0.3) is 16.4 Å². The van der Waals surface area contributed by atoms with Gasteiger partial charge in [-0.25, -0.2) is 9.50 Å². The maximum Gasteiger partial charge on any atom is 0.255 e. The first-order valence-electron chi connectivity index (χ1n) is 9.26. The van der Waals surface area contributed by atoms with Gasteiger partial charge in [0.2, 0.25) is 0 Å². The summed E-state index contributed by atoms with van der Waals surface area (Å²) >= 11 is 0. The average Bonchev–Trinajstić information content (AvgIpc) is 3.37. The Hall–Kier alpha value is -3.61. The van der Waals surface area contributed by atoms with Gasteiger partial charge in [0.1, 0.15) is 11.6 Å². The molecule has 1 saturated heterocycles. The third-order valence-corrected chi connectivity index (χ3v) is 5.23. The van der Waals surface area contributed by atoms with E-state index in [1.165, 1.54) is 0 Å². The molecule has 140 valence electrons. The Morgan fingerprint density at radius 3 is 2.96 bits per heavy atom. The van der Waals surface area contributed by atoms with E-state index in [0.717, 1.165) is 29.8 Å². The highest BCUT2D eigenvalue weighted by Crippen LogP contribution is 2.29. The third kappa shape index (κ3) is 2.81. The number of benzene rings is 2. The number of nitrogens with one attached hydrogen (secondary N) is 1. The molecule has 3 heterocycles. The summed E-state index contributed by atoms with van der Waals surface area (Å²) in [6, 6.07) is 14.9. The first-order valence-corrected chi connectivity index (χ1v) is 9.26. The fourth-order valence-electron chi connectivity index (χ4n) is 3.76. The highest BCUT2D eigenvalue weighted by molar-refractivity contribution is 6.03. The number of rotatable bonds is 3. The van der Waals surface area contributed by atoms with E-state index in [1.807, 2.05) is 48.7 Å². The van der Waals surface area contributed by atoms with Crippen LogP contribution in [0.4, 0.5) is 5.82 Å². The molecule has 1 fully saturated rings. The highest BCUT2D eigenvalue weighted by Gasteiger charge is 2.26. The number of hydrogen-bond acceptors (Lipinski definition) is 5. The molecule has 0 radical (unpaired) electrons. The number of carbonyl (C=O) groups is 1. The van der Waals surface area contributed by atoms with Gasteiger partial charge < -0.3 is 15.3 Å². The number of carbonyl (C=O) groups excluding carboxylic acids is 1. The van der Waals surface area contributed by atoms with E-state index < -0.39 is 0 Å². The predicted molar refractivity (Wildman–Crippen MR) is 107 cm³/mol. The molecule has 7 nitrogen and oxygen atoms in total. The van der Waals surface area contributed by atoms with Crippen molar-refractivity contribution in [3.05, 3.63) is 66.5 Å². The van der Waals surface area contributed by atoms with Crippen LogP contribution in [0.1, 0.15) is 16.8 Å². The Bertz CT molecular complexity index is 1190. The number of fused-ring (bicyclic) bond motifs is 2. The first kappa shape index (κ1) is 16.6. The molecule has 2 aromatic heterocycles. The largest absolute Gasteiger partial charge is 0.506 e. The van der Waals surface area contributed by atoms with Crippen LogP contribution in [0.15, 0.2) is 60.9 Å². The Morgan fingerprint density at radius 2 is 2.04 bits per heavy atom. The van der Waals surface area contributed by atoms with Gasteiger partial charge in [0.15, 0.2) is 5.65 Å². The maximum atomic E-state index is 12.7. The van der Waals surface area contributed by atoms with Gasteiger partial charge in [0.05, 0.1) is 5.56 Å². The number of anilines is 1. The fraction of sp³-hybridized carbons (Fsp3) is 0.190. The zero-order chi connectivity index (χ0) is 19.1. The van der Waals surface area contributed by atoms with Crippen molar-refractivity contribution in [1.29, 1.82) is 0 Å². The molecule has 1 aliphatic heterocycles. The van der Waals surface area contributed by atoms with Crippen LogP contribution in [-0.4, -0.2) is 44.7 Å². The second kappa shape index (κ2) is 6.53. The summed E-state index contributed by atoms with van der Waals surface area (Å²) in [5.74, 6) is 0.626. The van der Waals surface area contributed by atoms with Crippen LogP contribution in [-0.2, 0) is 0 Å². The maximum absolute atomic E-state index is 12.7. The van der Waals surface area contributed by atoms with E-state index in [4.69, 9.17) is 0 Å². The monoisotopic (exact) mass is 373 g/mol. The number of imidazole rings is 1. The normalized spacial score (nSPS) is 16.7. The van der Waals surface area contributed by atoms with Crippen LogP contribution >= 0.6 is 0 Å². The molecular weight excluding hydrogens is 354 g/mol. The van der Waals surface area contributed by atoms with E-state index in [2.05, 4.69) is 20.3 Å². The molecule has 0 saturated carbocycles. The molecule has 4 aromatic rings. The highest BCUT2D eigenvalue weighted by atomic mass is 16.3. The van der Waals surface area contributed by atoms with Crippen LogP contribution in [0.5, 0.6) is 5.75 Å². The van der Waals surface area contributed by atoms with Crippen molar-refractivity contribution >= 4 is 28.1 Å². The number of phenolic OH excluding ortho intramolecular Hbond substituents is 1. The SMILES string of the molecule is O=C(N[C@H]1CCN(c2ccc3nccn3n2)C1)c1ccc2ccccc2c1O. The minimum atomic E-state index is -0.256. The van der Waals surface area contributed by atoms with Gasteiger partial charge in [0, 0.05) is 36.9 Å². The lowest BCUT2D eigenvalue weighted by Gasteiger charge is -2.18. The Kier molecular flexibility index (Phi) is 3.86. The van der Waals surface area contributed by atoms with Gasteiger partial charge >= 0.3 is 0 Å². The van der Waals surface area contributed by atoms with Crippen molar-refractivity contribution in [2.45, 2.75) is 12.5 Å². The third-order valence-electron chi connectivity index (χ3n) is 5.23. The van der Waals surface area contributed by atoms with Gasteiger partial charge in [-0.2, -0.15) is 0 Å². The van der Waals surface area contributed by atoms with E-state index >= 15 is 0 Å². The zero-order valence-corrected chi connectivity index (χ0v) is 15.1. The van der Waals surface area contributed by atoms with Gasteiger partial charge in [-0.3, -0.25) is 4.79 Å². The number of nitrogens with zero attached hydrogens (tertiary/aromatic N) is 4. The molecule has 5 rings (SSSR count). The van der Waals surface area contributed by atoms with Crippen LogP contribution in [0, 0.1) is 0 Å². The summed E-state index contributed by atoms with van der Waals surface area (Å²) in [6.07, 6.45) is 4.36. The summed E-state index contributed by atoms with van der Waals surface area (Å²) in [4.78, 5) is 19.1. The Morgan fingerprint density at radius 1 is 1.14 bits per heavy atom. The Labute approximate surface area is 161 Å². The van der Waals surface area contributed by atoms with Crippen molar-refractivity contribution in [2.24, 2.45) is 0 Å². The average molecular weight is 373 g/mol. The van der Waals surface area contributed by atoms with Crippen molar-refractivity contribution in [2.75, 3.05) is 18.0 Å². The van der Waals surface area contributed by atoms with Gasteiger partial charge in [0.25, 0.3) is 5.91 Å². The van der Waals surface area contributed by atoms with Gasteiger partial charge in [-0.15, -0.1) is 5.10 Å². The molecule has 7 heteroatoms. The number of amides is 1. The van der Waals surface area contributed by atoms with E-state index in [0.29, 0.717) is 17.5 Å². The summed E-state index contributed by atoms with van der Waals surface area (Å²) in [6.45, 7) is 1.48. The summed E-state index contributed by atoms with van der Waals surface area (Å²) in [5, 5.41) is 19.7. The Balaban J connectivity index is 1.31. The molecule has 2 aromatic carbocycles. The second-order valence-corrected chi connectivity index (χ2v) is 7.01. The zero-order valence-electron chi connectivity index (χ0n) is 15.1. The minimum absolute atomic E-state index is 0.00125. The number of phenols is 1. The number of hydrogen-bond donors (Lipinski definition) is 2. The number of aromatic hydroxyl groups is 1. The first-order chi connectivity index (χ1) is 13.7. The summed E-state index contributed by atoms with van der Waals surface area (Å²) < 4.78 is 1.74. The van der Waals surface area contributed by atoms with E-state index in [-0.39, 0.29) is 17.7 Å². The molecule has 0 bridgehead atoms. The molecule has 1 amide bonds. The van der Waals surface area contributed by atoms with Crippen molar-refractivity contribution < 1.29 is 9.90 Å². The molecule has 0 unspecified atom stereocenters. The fourth-order valence-corrected chi connectivity index (χ4v) is 3.76. The lowest BCUT2D eigenvalue weighted by molar-refractivity contribution is 0.0938. The quantitative estimate of drug-likeness (QED) is 0.577. The van der Waals surface area contributed by atoms with Crippen molar-refractivity contribution in [1.82, 2.24) is 19.9 Å². The molecule has 0 aliphatic carbocycles. The van der Waals surface area contributed by atoms with Crippen molar-refractivity contribution in [3.8, 4) is 5.75 Å². The smallest absolute Gasteiger partial charge is 0.255 e. The minimum Gasteiger partial charge on any atom is -0.506 e. The van der Waals surface area contributed by atoms with Gasteiger partial charge in [-0.1, -0.05) is 30.3 Å². The molecule has 0 spiro atoms.